The van der Waals surface area contributed by atoms with Crippen molar-refractivity contribution in [1.82, 2.24) is 4.98 Å². The summed E-state index contributed by atoms with van der Waals surface area (Å²) < 4.78 is 12.9. The standard InChI is InChI=1S/C14H13FN2O/c1-10(18)13-4-3-9-16-14(13)17(2)12-7-5-11(15)6-8-12/h3-9H,1-2H3. The van der Waals surface area contributed by atoms with E-state index in [1.165, 1.54) is 19.1 Å². The Balaban J connectivity index is 2.42. The second-order valence-corrected chi connectivity index (χ2v) is 3.97. The van der Waals surface area contributed by atoms with E-state index < -0.39 is 0 Å². The quantitative estimate of drug-likeness (QED) is 0.777. The lowest BCUT2D eigenvalue weighted by Crippen LogP contribution is -2.14. The van der Waals surface area contributed by atoms with Gasteiger partial charge in [-0.15, -0.1) is 0 Å². The largest absolute Gasteiger partial charge is 0.329 e. The summed E-state index contributed by atoms with van der Waals surface area (Å²) in [4.78, 5) is 17.5. The third-order valence-electron chi connectivity index (χ3n) is 2.70. The number of Topliss-reactive ketones (excluding diaryl/α,β-unsaturated/α-hetero) is 1. The van der Waals surface area contributed by atoms with Crippen molar-refractivity contribution in [3.63, 3.8) is 0 Å². The average Bonchev–Trinajstić information content (AvgIpc) is 2.39. The van der Waals surface area contributed by atoms with Crippen molar-refractivity contribution in [2.45, 2.75) is 6.92 Å². The van der Waals surface area contributed by atoms with Gasteiger partial charge in [-0.1, -0.05) is 0 Å². The second kappa shape index (κ2) is 4.96. The predicted molar refractivity (Wildman–Crippen MR) is 68.7 cm³/mol. The van der Waals surface area contributed by atoms with Gasteiger partial charge in [-0.05, 0) is 43.3 Å². The number of aromatic nitrogens is 1. The van der Waals surface area contributed by atoms with Gasteiger partial charge in [0.1, 0.15) is 11.6 Å². The normalized spacial score (nSPS) is 10.2. The number of carbonyl (C=O) groups excluding carboxylic acids is 1. The molecule has 2 rings (SSSR count). The lowest BCUT2D eigenvalue weighted by Gasteiger charge is -2.20. The first-order valence-corrected chi connectivity index (χ1v) is 5.55. The molecule has 3 nitrogen and oxygen atoms in total. The third kappa shape index (κ3) is 2.37. The van der Waals surface area contributed by atoms with Gasteiger partial charge >= 0.3 is 0 Å². The van der Waals surface area contributed by atoms with Gasteiger partial charge in [0.25, 0.3) is 0 Å². The molecule has 0 N–H and O–H groups in total. The topological polar surface area (TPSA) is 33.2 Å². The van der Waals surface area contributed by atoms with E-state index in [4.69, 9.17) is 0 Å². The fraction of sp³-hybridized carbons (Fsp3) is 0.143. The zero-order chi connectivity index (χ0) is 13.1. The number of anilines is 2. The van der Waals surface area contributed by atoms with Gasteiger partial charge in [0.2, 0.25) is 0 Å². The van der Waals surface area contributed by atoms with Crippen LogP contribution in [0.2, 0.25) is 0 Å². The summed E-state index contributed by atoms with van der Waals surface area (Å²) >= 11 is 0. The Kier molecular flexibility index (Phi) is 3.37. The van der Waals surface area contributed by atoms with Crippen LogP contribution in [0.5, 0.6) is 0 Å². The zero-order valence-electron chi connectivity index (χ0n) is 10.2. The molecule has 0 aliphatic heterocycles. The minimum Gasteiger partial charge on any atom is -0.329 e. The highest BCUT2D eigenvalue weighted by atomic mass is 19.1. The zero-order valence-corrected chi connectivity index (χ0v) is 10.2. The van der Waals surface area contributed by atoms with E-state index in [1.807, 2.05) is 0 Å². The van der Waals surface area contributed by atoms with Crippen LogP contribution in [0.3, 0.4) is 0 Å². The molecular weight excluding hydrogens is 231 g/mol. The monoisotopic (exact) mass is 244 g/mol. The van der Waals surface area contributed by atoms with Gasteiger partial charge in [-0.25, -0.2) is 9.37 Å². The molecule has 4 heteroatoms. The maximum Gasteiger partial charge on any atom is 0.163 e. The Labute approximate surface area is 105 Å². The summed E-state index contributed by atoms with van der Waals surface area (Å²) in [5.41, 5.74) is 1.32. The molecule has 0 aliphatic carbocycles. The third-order valence-corrected chi connectivity index (χ3v) is 2.70. The van der Waals surface area contributed by atoms with Crippen LogP contribution >= 0.6 is 0 Å². The number of hydrogen-bond acceptors (Lipinski definition) is 3. The van der Waals surface area contributed by atoms with Crippen LogP contribution in [0.1, 0.15) is 17.3 Å². The molecule has 1 heterocycles. The maximum absolute atomic E-state index is 12.9. The molecule has 0 atom stereocenters. The van der Waals surface area contributed by atoms with Crippen molar-refractivity contribution in [2.75, 3.05) is 11.9 Å². The molecule has 0 bridgehead atoms. The number of benzene rings is 1. The molecule has 2 aromatic rings. The van der Waals surface area contributed by atoms with Crippen LogP contribution in [0.15, 0.2) is 42.6 Å². The number of pyridine rings is 1. The molecule has 0 aliphatic rings. The first-order valence-electron chi connectivity index (χ1n) is 5.55. The molecule has 0 amide bonds. The molecule has 92 valence electrons. The number of rotatable bonds is 3. The van der Waals surface area contributed by atoms with E-state index in [2.05, 4.69) is 4.98 Å². The minimum absolute atomic E-state index is 0.0490. The molecule has 0 spiro atoms. The van der Waals surface area contributed by atoms with Crippen molar-refractivity contribution in [3.05, 3.63) is 54.0 Å². The van der Waals surface area contributed by atoms with Gasteiger partial charge in [0.15, 0.2) is 5.78 Å². The Morgan fingerprint density at radius 2 is 1.89 bits per heavy atom. The van der Waals surface area contributed by atoms with Crippen molar-refractivity contribution in [2.24, 2.45) is 0 Å². The van der Waals surface area contributed by atoms with Crippen molar-refractivity contribution in [1.29, 1.82) is 0 Å². The van der Waals surface area contributed by atoms with Crippen LogP contribution in [0.25, 0.3) is 0 Å². The van der Waals surface area contributed by atoms with Crippen molar-refractivity contribution >= 4 is 17.3 Å². The summed E-state index contributed by atoms with van der Waals surface area (Å²) in [7, 11) is 1.79. The van der Waals surface area contributed by atoms with Crippen molar-refractivity contribution in [3.8, 4) is 0 Å². The fourth-order valence-corrected chi connectivity index (χ4v) is 1.73. The van der Waals surface area contributed by atoms with Gasteiger partial charge < -0.3 is 4.90 Å². The first kappa shape index (κ1) is 12.2. The van der Waals surface area contributed by atoms with E-state index >= 15 is 0 Å². The number of carbonyl (C=O) groups is 1. The number of halogens is 1. The first-order chi connectivity index (χ1) is 8.59. The molecule has 18 heavy (non-hydrogen) atoms. The summed E-state index contributed by atoms with van der Waals surface area (Å²) in [6.45, 7) is 1.50. The molecule has 0 radical (unpaired) electrons. The highest BCUT2D eigenvalue weighted by Crippen LogP contribution is 2.25. The van der Waals surface area contributed by atoms with Gasteiger partial charge in [-0.3, -0.25) is 4.79 Å². The smallest absolute Gasteiger partial charge is 0.163 e. The van der Waals surface area contributed by atoms with Crippen LogP contribution in [0, 0.1) is 5.82 Å². The molecule has 0 unspecified atom stereocenters. The van der Waals surface area contributed by atoms with Crippen LogP contribution in [-0.2, 0) is 0 Å². The van der Waals surface area contributed by atoms with E-state index in [0.29, 0.717) is 11.4 Å². The summed E-state index contributed by atoms with van der Waals surface area (Å²) in [5.74, 6) is 0.226. The van der Waals surface area contributed by atoms with Gasteiger partial charge in [0, 0.05) is 18.9 Å². The summed E-state index contributed by atoms with van der Waals surface area (Å²) in [6, 6.07) is 9.50. The SMILES string of the molecule is CC(=O)c1cccnc1N(C)c1ccc(F)cc1. The number of nitrogens with zero attached hydrogens (tertiary/aromatic N) is 2. The number of ketones is 1. The molecular formula is C14H13FN2O. The molecule has 1 aromatic heterocycles. The molecule has 1 aromatic carbocycles. The highest BCUT2D eigenvalue weighted by Gasteiger charge is 2.13. The Morgan fingerprint density at radius 3 is 2.50 bits per heavy atom. The summed E-state index contributed by atoms with van der Waals surface area (Å²) in [6.07, 6.45) is 1.63. The van der Waals surface area contributed by atoms with E-state index in [0.717, 1.165) is 5.69 Å². The van der Waals surface area contributed by atoms with Crippen LogP contribution < -0.4 is 4.90 Å². The van der Waals surface area contributed by atoms with Crippen LogP contribution in [0.4, 0.5) is 15.9 Å². The van der Waals surface area contributed by atoms with E-state index in [-0.39, 0.29) is 11.6 Å². The lowest BCUT2D eigenvalue weighted by atomic mass is 10.1. The van der Waals surface area contributed by atoms with Gasteiger partial charge in [-0.2, -0.15) is 0 Å². The Bertz CT molecular complexity index is 566. The van der Waals surface area contributed by atoms with E-state index in [9.17, 15) is 9.18 Å². The van der Waals surface area contributed by atoms with Gasteiger partial charge in [0.05, 0.1) is 5.56 Å². The van der Waals surface area contributed by atoms with E-state index in [1.54, 1.807) is 42.4 Å². The summed E-state index contributed by atoms with van der Waals surface area (Å²) in [5, 5.41) is 0. The Morgan fingerprint density at radius 1 is 1.22 bits per heavy atom. The molecule has 0 fully saturated rings. The maximum atomic E-state index is 12.9. The second-order valence-electron chi connectivity index (χ2n) is 3.97. The lowest BCUT2D eigenvalue weighted by molar-refractivity contribution is 0.101. The Hall–Kier alpha value is -2.23. The number of hydrogen-bond donors (Lipinski definition) is 0. The average molecular weight is 244 g/mol. The van der Waals surface area contributed by atoms with Crippen molar-refractivity contribution < 1.29 is 9.18 Å². The highest BCUT2D eigenvalue weighted by molar-refractivity contribution is 5.99. The fourth-order valence-electron chi connectivity index (χ4n) is 1.73. The molecule has 0 saturated carbocycles. The minimum atomic E-state index is -0.292. The van der Waals surface area contributed by atoms with Crippen LogP contribution in [-0.4, -0.2) is 17.8 Å². The molecule has 0 saturated heterocycles. The predicted octanol–water partition coefficient (Wildman–Crippen LogP) is 3.19.